The maximum Gasteiger partial charge on any atom is 0.265 e. The highest BCUT2D eigenvalue weighted by Crippen LogP contribution is 2.27. The summed E-state index contributed by atoms with van der Waals surface area (Å²) in [5, 5.41) is 3.08. The zero-order valence-electron chi connectivity index (χ0n) is 9.05. The Hall–Kier alpha value is -0.420. The molecule has 2 saturated heterocycles. The van der Waals surface area contributed by atoms with Gasteiger partial charge in [-0.2, -0.15) is 0 Å². The lowest BCUT2D eigenvalue weighted by Crippen LogP contribution is -2.48. The molecule has 1 N–H and O–H groups in total. The van der Waals surface area contributed by atoms with Crippen LogP contribution in [0.4, 0.5) is 8.78 Å². The second kappa shape index (κ2) is 5.27. The van der Waals surface area contributed by atoms with Gasteiger partial charge in [0.2, 0.25) is 5.91 Å². The molecule has 16 heavy (non-hydrogen) atoms. The van der Waals surface area contributed by atoms with Gasteiger partial charge < -0.3 is 10.2 Å². The van der Waals surface area contributed by atoms with E-state index < -0.39 is 5.92 Å². The van der Waals surface area contributed by atoms with E-state index in [0.29, 0.717) is 19.5 Å². The van der Waals surface area contributed by atoms with Crippen molar-refractivity contribution in [3.63, 3.8) is 0 Å². The van der Waals surface area contributed by atoms with E-state index in [0.717, 1.165) is 13.0 Å². The standard InChI is InChI=1S/C10H16F2N2O.ClH/c11-10(12)3-1-5-14(7-10)9(15)8-2-4-13-6-8;/h8,13H,1-7H2;1H. The highest BCUT2D eigenvalue weighted by atomic mass is 35.5. The maximum absolute atomic E-state index is 13.1. The second-order valence-corrected chi connectivity index (χ2v) is 4.41. The topological polar surface area (TPSA) is 32.3 Å². The summed E-state index contributed by atoms with van der Waals surface area (Å²) in [6, 6.07) is 0. The quantitative estimate of drug-likeness (QED) is 0.765. The van der Waals surface area contributed by atoms with Crippen molar-refractivity contribution in [3.8, 4) is 0 Å². The first kappa shape index (κ1) is 13.6. The van der Waals surface area contributed by atoms with Crippen LogP contribution in [0.25, 0.3) is 0 Å². The minimum atomic E-state index is -2.68. The number of rotatable bonds is 1. The molecule has 0 saturated carbocycles. The van der Waals surface area contributed by atoms with E-state index in [-0.39, 0.29) is 37.2 Å². The van der Waals surface area contributed by atoms with Crippen molar-refractivity contribution in [2.24, 2.45) is 5.92 Å². The molecule has 6 heteroatoms. The van der Waals surface area contributed by atoms with Gasteiger partial charge in [-0.05, 0) is 19.4 Å². The molecule has 0 aromatic heterocycles. The van der Waals surface area contributed by atoms with E-state index in [2.05, 4.69) is 5.32 Å². The summed E-state index contributed by atoms with van der Waals surface area (Å²) in [4.78, 5) is 13.2. The number of hydrogen-bond donors (Lipinski definition) is 1. The second-order valence-electron chi connectivity index (χ2n) is 4.41. The van der Waals surface area contributed by atoms with E-state index >= 15 is 0 Å². The first-order valence-electron chi connectivity index (χ1n) is 5.46. The van der Waals surface area contributed by atoms with Gasteiger partial charge in [-0.25, -0.2) is 8.78 Å². The van der Waals surface area contributed by atoms with E-state index in [1.54, 1.807) is 0 Å². The Labute approximate surface area is 100.0 Å². The van der Waals surface area contributed by atoms with Crippen LogP contribution in [0.1, 0.15) is 19.3 Å². The van der Waals surface area contributed by atoms with Crippen molar-refractivity contribution in [3.05, 3.63) is 0 Å². The van der Waals surface area contributed by atoms with Crippen LogP contribution in [0.2, 0.25) is 0 Å². The zero-order chi connectivity index (χ0) is 10.9. The molecule has 0 aromatic carbocycles. The van der Waals surface area contributed by atoms with Crippen molar-refractivity contribution >= 4 is 18.3 Å². The highest BCUT2D eigenvalue weighted by molar-refractivity contribution is 5.85. The fourth-order valence-electron chi connectivity index (χ4n) is 2.28. The largest absolute Gasteiger partial charge is 0.336 e. The Morgan fingerprint density at radius 1 is 1.44 bits per heavy atom. The van der Waals surface area contributed by atoms with Gasteiger partial charge in [-0.1, -0.05) is 0 Å². The van der Waals surface area contributed by atoms with E-state index in [1.807, 2.05) is 0 Å². The van der Waals surface area contributed by atoms with Gasteiger partial charge in [0.05, 0.1) is 12.5 Å². The summed E-state index contributed by atoms with van der Waals surface area (Å²) in [5.74, 6) is -2.86. The van der Waals surface area contributed by atoms with Crippen LogP contribution in [0, 0.1) is 5.92 Å². The third-order valence-electron chi connectivity index (χ3n) is 3.11. The summed E-state index contributed by atoms with van der Waals surface area (Å²) < 4.78 is 26.2. The van der Waals surface area contributed by atoms with Crippen molar-refractivity contribution in [2.45, 2.75) is 25.2 Å². The van der Waals surface area contributed by atoms with Gasteiger partial charge in [0, 0.05) is 19.5 Å². The van der Waals surface area contributed by atoms with Crippen molar-refractivity contribution in [1.29, 1.82) is 0 Å². The molecule has 0 spiro atoms. The fraction of sp³-hybridized carbons (Fsp3) is 0.900. The average Bonchev–Trinajstić information content (AvgIpc) is 2.67. The van der Waals surface area contributed by atoms with Gasteiger partial charge in [0.15, 0.2) is 0 Å². The highest BCUT2D eigenvalue weighted by Gasteiger charge is 2.39. The van der Waals surface area contributed by atoms with Gasteiger partial charge in [-0.3, -0.25) is 4.79 Å². The molecule has 1 atom stereocenters. The number of carbonyl (C=O) groups excluding carboxylic acids is 1. The molecule has 2 fully saturated rings. The number of hydrogen-bond acceptors (Lipinski definition) is 2. The first-order chi connectivity index (χ1) is 7.08. The van der Waals surface area contributed by atoms with Crippen LogP contribution < -0.4 is 5.32 Å². The molecule has 2 heterocycles. The van der Waals surface area contributed by atoms with Gasteiger partial charge >= 0.3 is 0 Å². The summed E-state index contributed by atoms with van der Waals surface area (Å²) >= 11 is 0. The Morgan fingerprint density at radius 3 is 2.75 bits per heavy atom. The van der Waals surface area contributed by atoms with Crippen molar-refractivity contribution in [2.75, 3.05) is 26.2 Å². The number of piperidine rings is 1. The molecule has 0 bridgehead atoms. The van der Waals surface area contributed by atoms with Crippen LogP contribution >= 0.6 is 12.4 Å². The predicted octanol–water partition coefficient (Wildman–Crippen LogP) is 1.28. The van der Waals surface area contributed by atoms with E-state index in [4.69, 9.17) is 0 Å². The monoisotopic (exact) mass is 254 g/mol. The number of likely N-dealkylation sites (tertiary alicyclic amines) is 1. The lowest BCUT2D eigenvalue weighted by Gasteiger charge is -2.33. The molecule has 1 unspecified atom stereocenters. The SMILES string of the molecule is Cl.O=C(C1CCNC1)N1CCCC(F)(F)C1. The van der Waals surface area contributed by atoms with Gasteiger partial charge in [0.1, 0.15) is 0 Å². The number of carbonyl (C=O) groups is 1. The normalized spacial score (nSPS) is 28.6. The fourth-order valence-corrected chi connectivity index (χ4v) is 2.28. The molecule has 0 aliphatic carbocycles. The average molecular weight is 255 g/mol. The smallest absolute Gasteiger partial charge is 0.265 e. The summed E-state index contributed by atoms with van der Waals surface area (Å²) in [6.07, 6.45) is 1.11. The molecule has 0 aromatic rings. The Morgan fingerprint density at radius 2 is 2.19 bits per heavy atom. The maximum atomic E-state index is 13.1. The van der Waals surface area contributed by atoms with Gasteiger partial charge in [-0.15, -0.1) is 12.4 Å². The van der Waals surface area contributed by atoms with Crippen molar-refractivity contribution in [1.82, 2.24) is 10.2 Å². The zero-order valence-corrected chi connectivity index (χ0v) is 9.86. The first-order valence-corrected chi connectivity index (χ1v) is 5.46. The third-order valence-corrected chi connectivity index (χ3v) is 3.11. The van der Waals surface area contributed by atoms with Gasteiger partial charge in [0.25, 0.3) is 5.92 Å². The van der Waals surface area contributed by atoms with Crippen LogP contribution in [0.3, 0.4) is 0 Å². The molecular weight excluding hydrogens is 238 g/mol. The van der Waals surface area contributed by atoms with E-state index in [9.17, 15) is 13.6 Å². The van der Waals surface area contributed by atoms with Crippen LogP contribution in [0.5, 0.6) is 0 Å². The minimum absolute atomic E-state index is 0. The Kier molecular flexibility index (Phi) is 4.50. The van der Waals surface area contributed by atoms with Crippen molar-refractivity contribution < 1.29 is 13.6 Å². The molecule has 2 aliphatic rings. The molecule has 3 nitrogen and oxygen atoms in total. The number of amides is 1. The van der Waals surface area contributed by atoms with Crippen LogP contribution in [-0.2, 0) is 4.79 Å². The number of alkyl halides is 2. The summed E-state index contributed by atoms with van der Waals surface area (Å²) in [7, 11) is 0. The Balaban J connectivity index is 0.00000128. The Bertz CT molecular complexity index is 257. The molecule has 2 rings (SSSR count). The predicted molar refractivity (Wildman–Crippen MR) is 59.0 cm³/mol. The lowest BCUT2D eigenvalue weighted by molar-refractivity contribution is -0.145. The van der Waals surface area contributed by atoms with Crippen LogP contribution in [0.15, 0.2) is 0 Å². The number of halogens is 3. The number of nitrogens with one attached hydrogen (secondary N) is 1. The van der Waals surface area contributed by atoms with E-state index in [1.165, 1.54) is 4.90 Å². The number of nitrogens with zero attached hydrogens (tertiary/aromatic N) is 1. The summed E-state index contributed by atoms with van der Waals surface area (Å²) in [5.41, 5.74) is 0. The van der Waals surface area contributed by atoms with Crippen LogP contribution in [-0.4, -0.2) is 42.9 Å². The molecule has 0 radical (unpaired) electrons. The summed E-state index contributed by atoms with van der Waals surface area (Å²) in [6.45, 7) is 1.56. The lowest BCUT2D eigenvalue weighted by atomic mass is 10.0. The molecule has 2 aliphatic heterocycles. The minimum Gasteiger partial charge on any atom is -0.336 e. The molecule has 94 valence electrons. The molecule has 1 amide bonds. The third kappa shape index (κ3) is 3.04. The molecular formula is C10H17ClF2N2O.